The Morgan fingerprint density at radius 2 is 1.57 bits per heavy atom. The van der Waals surface area contributed by atoms with E-state index in [4.69, 9.17) is 18.6 Å². The third-order valence-corrected chi connectivity index (χ3v) is 8.20. The smallest absolute Gasteiger partial charge is 0.262 e. The van der Waals surface area contributed by atoms with Gasteiger partial charge in [0.05, 0.1) is 24.5 Å². The molecule has 3 aromatic carbocycles. The lowest BCUT2D eigenvalue weighted by molar-refractivity contribution is -0.118. The van der Waals surface area contributed by atoms with Crippen LogP contribution >= 0.6 is 0 Å². The molecule has 0 unspecified atom stereocenters. The molecule has 1 aromatic heterocycles. The number of rotatable bonds is 9. The Hall–Kier alpha value is -4.35. The summed E-state index contributed by atoms with van der Waals surface area (Å²) in [5.74, 6) is 0.359. The van der Waals surface area contributed by atoms with Crippen LogP contribution in [-0.2, 0) is 14.8 Å². The van der Waals surface area contributed by atoms with E-state index in [9.17, 15) is 18.0 Å². The summed E-state index contributed by atoms with van der Waals surface area (Å²) in [6.07, 6.45) is 0. The molecule has 4 rings (SSSR count). The van der Waals surface area contributed by atoms with Crippen LogP contribution in [0.5, 0.6) is 17.2 Å². The maximum atomic E-state index is 13.6. The highest BCUT2D eigenvalue weighted by Gasteiger charge is 2.21. The van der Waals surface area contributed by atoms with E-state index in [0.29, 0.717) is 33.7 Å². The number of amides is 1. The number of hydrogen-bond donors (Lipinski definition) is 1. The van der Waals surface area contributed by atoms with Gasteiger partial charge in [-0.25, -0.2) is 12.7 Å². The number of carbonyl (C=O) groups is 1. The summed E-state index contributed by atoms with van der Waals surface area (Å²) in [7, 11) is 2.28. The van der Waals surface area contributed by atoms with Crippen LogP contribution in [0.15, 0.2) is 68.7 Å². The molecular formula is C29H30N2O8S. The van der Waals surface area contributed by atoms with E-state index in [1.165, 1.54) is 52.6 Å². The number of aryl methyl sites for hydroxylation is 2. The first-order valence-corrected chi connectivity index (χ1v) is 13.7. The van der Waals surface area contributed by atoms with Gasteiger partial charge in [0.1, 0.15) is 5.58 Å². The van der Waals surface area contributed by atoms with Gasteiger partial charge in [-0.3, -0.25) is 9.59 Å². The van der Waals surface area contributed by atoms with Crippen molar-refractivity contribution in [2.45, 2.75) is 18.7 Å². The third kappa shape index (κ3) is 5.65. The van der Waals surface area contributed by atoms with E-state index >= 15 is 0 Å². The monoisotopic (exact) mass is 566 g/mol. The third-order valence-electron chi connectivity index (χ3n) is 6.37. The normalized spacial score (nSPS) is 11.5. The van der Waals surface area contributed by atoms with Crippen LogP contribution in [0.2, 0.25) is 0 Å². The number of sulfonamides is 1. The van der Waals surface area contributed by atoms with Crippen molar-refractivity contribution in [3.8, 4) is 28.6 Å². The summed E-state index contributed by atoms with van der Waals surface area (Å²) in [6.45, 7) is 3.31. The minimum Gasteiger partial charge on any atom is -0.493 e. The zero-order valence-electron chi connectivity index (χ0n) is 23.0. The van der Waals surface area contributed by atoms with Gasteiger partial charge >= 0.3 is 0 Å². The fraction of sp³-hybridized carbons (Fsp3) is 0.241. The highest BCUT2D eigenvalue weighted by molar-refractivity contribution is 7.89. The zero-order valence-corrected chi connectivity index (χ0v) is 23.8. The molecule has 0 radical (unpaired) electrons. The average molecular weight is 567 g/mol. The van der Waals surface area contributed by atoms with Gasteiger partial charge in [-0.1, -0.05) is 0 Å². The molecule has 0 spiro atoms. The molecule has 0 fully saturated rings. The molecule has 0 atom stereocenters. The highest BCUT2D eigenvalue weighted by Crippen LogP contribution is 2.37. The van der Waals surface area contributed by atoms with Crippen molar-refractivity contribution in [1.82, 2.24) is 4.31 Å². The minimum atomic E-state index is -3.60. The maximum absolute atomic E-state index is 13.6. The van der Waals surface area contributed by atoms with Gasteiger partial charge in [0.2, 0.25) is 21.2 Å². The first-order chi connectivity index (χ1) is 19.0. The van der Waals surface area contributed by atoms with Gasteiger partial charge in [-0.2, -0.15) is 0 Å². The average Bonchev–Trinajstić information content (AvgIpc) is 2.93. The first kappa shape index (κ1) is 28.7. The summed E-state index contributed by atoms with van der Waals surface area (Å²) in [6, 6.07) is 14.3. The number of ether oxygens (including phenoxy) is 3. The van der Waals surface area contributed by atoms with Crippen LogP contribution in [0.1, 0.15) is 11.1 Å². The second-order valence-corrected chi connectivity index (χ2v) is 11.4. The minimum absolute atomic E-state index is 0.0885. The fourth-order valence-corrected chi connectivity index (χ4v) is 4.89. The first-order valence-electron chi connectivity index (χ1n) is 12.2. The molecule has 1 amide bonds. The zero-order chi connectivity index (χ0) is 29.2. The number of carbonyl (C=O) groups excluding carboxylic acids is 1. The quantitative estimate of drug-likeness (QED) is 0.317. The molecule has 11 heteroatoms. The van der Waals surface area contributed by atoms with Gasteiger partial charge in [-0.15, -0.1) is 0 Å². The molecule has 0 saturated carbocycles. The molecule has 10 nitrogen and oxygen atoms in total. The molecule has 0 aliphatic rings. The standard InChI is InChI=1S/C29H30N2O8S/c1-17-13-22-24(14-18(17)2)39-28(19-7-12-23(36-5)25(15-19)37-6)29(27(22)33)38-16-26(32)30-20-8-10-21(11-9-20)40(34,35)31(3)4/h7-15H,16H2,1-6H3,(H,30,32). The summed E-state index contributed by atoms with van der Waals surface area (Å²) in [5, 5.41) is 2.96. The Balaban J connectivity index is 1.67. The van der Waals surface area contributed by atoms with Crippen molar-refractivity contribution in [1.29, 1.82) is 0 Å². The molecule has 0 bridgehead atoms. The van der Waals surface area contributed by atoms with E-state index < -0.39 is 28.0 Å². The van der Waals surface area contributed by atoms with Crippen molar-refractivity contribution in [2.75, 3.05) is 40.2 Å². The number of anilines is 1. The number of methoxy groups -OCH3 is 2. The van der Waals surface area contributed by atoms with Gasteiger partial charge < -0.3 is 23.9 Å². The second-order valence-electron chi connectivity index (χ2n) is 9.24. The summed E-state index contributed by atoms with van der Waals surface area (Å²) in [4.78, 5) is 26.4. The summed E-state index contributed by atoms with van der Waals surface area (Å²) in [5.41, 5.74) is 2.65. The Morgan fingerprint density at radius 1 is 0.925 bits per heavy atom. The van der Waals surface area contributed by atoms with Gasteiger partial charge in [0, 0.05) is 25.3 Å². The maximum Gasteiger partial charge on any atom is 0.262 e. The fourth-order valence-electron chi connectivity index (χ4n) is 3.99. The number of fused-ring (bicyclic) bond motifs is 1. The summed E-state index contributed by atoms with van der Waals surface area (Å²) >= 11 is 0. The molecule has 0 aliphatic heterocycles. The van der Waals surface area contributed by atoms with Crippen LogP contribution in [-0.4, -0.2) is 53.6 Å². The molecule has 0 saturated heterocycles. The Labute approximate surface area is 232 Å². The number of hydrogen-bond acceptors (Lipinski definition) is 8. The van der Waals surface area contributed by atoms with E-state index in [2.05, 4.69) is 5.32 Å². The predicted molar refractivity (Wildman–Crippen MR) is 152 cm³/mol. The number of benzene rings is 3. The van der Waals surface area contributed by atoms with E-state index in [1.54, 1.807) is 30.3 Å². The Kier molecular flexibility index (Phi) is 8.17. The van der Waals surface area contributed by atoms with Crippen molar-refractivity contribution in [3.63, 3.8) is 0 Å². The lowest BCUT2D eigenvalue weighted by Gasteiger charge is -2.14. The highest BCUT2D eigenvalue weighted by atomic mass is 32.2. The molecule has 4 aromatic rings. The molecule has 1 N–H and O–H groups in total. The van der Waals surface area contributed by atoms with Crippen molar-refractivity contribution in [2.24, 2.45) is 0 Å². The number of nitrogens with one attached hydrogen (secondary N) is 1. The molecular weight excluding hydrogens is 536 g/mol. The Morgan fingerprint density at radius 3 is 2.20 bits per heavy atom. The number of nitrogens with zero attached hydrogens (tertiary/aromatic N) is 1. The molecule has 1 heterocycles. The van der Waals surface area contributed by atoms with Gasteiger partial charge in [0.15, 0.2) is 23.9 Å². The molecule has 0 aliphatic carbocycles. The SMILES string of the molecule is COc1ccc(-c2oc3cc(C)c(C)cc3c(=O)c2OCC(=O)Nc2ccc(S(=O)(=O)N(C)C)cc2)cc1OC. The van der Waals surface area contributed by atoms with Gasteiger partial charge in [-0.05, 0) is 79.6 Å². The van der Waals surface area contributed by atoms with Crippen LogP contribution in [0.3, 0.4) is 0 Å². The largest absolute Gasteiger partial charge is 0.493 e. The van der Waals surface area contributed by atoms with Gasteiger partial charge in [0.25, 0.3) is 5.91 Å². The van der Waals surface area contributed by atoms with Crippen LogP contribution in [0, 0.1) is 13.8 Å². The lowest BCUT2D eigenvalue weighted by Crippen LogP contribution is -2.23. The van der Waals surface area contributed by atoms with Crippen LogP contribution < -0.4 is 25.0 Å². The van der Waals surface area contributed by atoms with Crippen LogP contribution in [0.25, 0.3) is 22.3 Å². The Bertz CT molecular complexity index is 1740. The van der Waals surface area contributed by atoms with E-state index in [-0.39, 0.29) is 16.4 Å². The molecule has 210 valence electrons. The van der Waals surface area contributed by atoms with Crippen LogP contribution in [0.4, 0.5) is 5.69 Å². The van der Waals surface area contributed by atoms with E-state index in [1.807, 2.05) is 13.8 Å². The van der Waals surface area contributed by atoms with Crippen molar-refractivity contribution >= 4 is 32.6 Å². The topological polar surface area (TPSA) is 124 Å². The van der Waals surface area contributed by atoms with Crippen molar-refractivity contribution < 1.29 is 31.8 Å². The van der Waals surface area contributed by atoms with Crippen molar-refractivity contribution in [3.05, 3.63) is 75.9 Å². The van der Waals surface area contributed by atoms with E-state index in [0.717, 1.165) is 15.4 Å². The molecule has 40 heavy (non-hydrogen) atoms. The lowest BCUT2D eigenvalue weighted by atomic mass is 10.0. The second kappa shape index (κ2) is 11.4. The summed E-state index contributed by atoms with van der Waals surface area (Å²) < 4.78 is 48.3. The predicted octanol–water partition coefficient (Wildman–Crippen LogP) is 4.36.